The van der Waals surface area contributed by atoms with Crippen molar-refractivity contribution in [3.05, 3.63) is 132 Å². The number of aromatic nitrogens is 3. The minimum Gasteiger partial charge on any atom is -0.278 e. The Morgan fingerprint density at radius 1 is 0.757 bits per heavy atom. The lowest BCUT2D eigenvalue weighted by Gasteiger charge is -2.12. The van der Waals surface area contributed by atoms with Crippen molar-refractivity contribution < 1.29 is 4.57 Å². The van der Waals surface area contributed by atoms with Gasteiger partial charge in [-0.1, -0.05) is 88.6 Å². The van der Waals surface area contributed by atoms with Gasteiger partial charge >= 0.3 is 5.82 Å². The number of benzene rings is 4. The molecule has 0 amide bonds. The molecule has 0 bridgehead atoms. The highest BCUT2D eigenvalue weighted by Gasteiger charge is 2.34. The lowest BCUT2D eigenvalue weighted by molar-refractivity contribution is -0.707. The highest BCUT2D eigenvalue weighted by Crippen LogP contribution is 2.22. The Labute approximate surface area is 218 Å². The van der Waals surface area contributed by atoms with Gasteiger partial charge in [0.15, 0.2) is 5.71 Å². The molecule has 1 heterocycles. The van der Waals surface area contributed by atoms with Crippen LogP contribution in [0.1, 0.15) is 42.4 Å². The Balaban J connectivity index is 1.79. The Bertz CT molecular complexity index is 1500. The van der Waals surface area contributed by atoms with Crippen LogP contribution in [0.3, 0.4) is 0 Å². The van der Waals surface area contributed by atoms with Gasteiger partial charge in [-0.2, -0.15) is 5.10 Å². The first-order valence-electron chi connectivity index (χ1n) is 12.6. The fraction of sp³-hybridized carbons (Fsp3) is 0.156. The van der Waals surface area contributed by atoms with Crippen LogP contribution >= 0.6 is 0 Å². The molecule has 0 aliphatic carbocycles. The summed E-state index contributed by atoms with van der Waals surface area (Å²) in [5, 5.41) is 10.2. The van der Waals surface area contributed by atoms with Crippen LogP contribution in [0, 0.1) is 13.8 Å². The molecule has 0 atom stereocenters. The molecule has 0 spiro atoms. The van der Waals surface area contributed by atoms with Gasteiger partial charge in [-0.25, -0.2) is 4.57 Å². The van der Waals surface area contributed by atoms with Crippen LogP contribution in [-0.2, 0) is 0 Å². The summed E-state index contributed by atoms with van der Waals surface area (Å²) in [6, 6.07) is 37.5. The molecule has 0 aliphatic rings. The number of rotatable bonds is 7. The van der Waals surface area contributed by atoms with Gasteiger partial charge in [-0.05, 0) is 64.1 Å². The van der Waals surface area contributed by atoms with Gasteiger partial charge in [-0.15, -0.1) is 0 Å². The molecule has 5 aromatic rings. The largest absolute Gasteiger partial charge is 0.310 e. The second-order valence-electron chi connectivity index (χ2n) is 9.53. The molecule has 5 nitrogen and oxygen atoms in total. The summed E-state index contributed by atoms with van der Waals surface area (Å²) in [7, 11) is 0. The minimum absolute atomic E-state index is 0.137. The highest BCUT2D eigenvalue weighted by molar-refractivity contribution is 6.10. The third-order valence-corrected chi connectivity index (χ3v) is 6.29. The molecule has 5 heteroatoms. The molecule has 0 fully saturated rings. The van der Waals surface area contributed by atoms with Crippen LogP contribution in [-0.4, -0.2) is 15.5 Å². The molecule has 0 saturated carbocycles. The van der Waals surface area contributed by atoms with E-state index < -0.39 is 0 Å². The summed E-state index contributed by atoms with van der Waals surface area (Å²) in [5.41, 5.74) is 10.5. The lowest BCUT2D eigenvalue weighted by atomic mass is 10.1. The van der Waals surface area contributed by atoms with Crippen LogP contribution < -0.4 is 9.99 Å². The van der Waals surface area contributed by atoms with Gasteiger partial charge in [-0.3, -0.25) is 5.43 Å². The maximum atomic E-state index is 5.19. The fourth-order valence-electron chi connectivity index (χ4n) is 4.33. The second-order valence-corrected chi connectivity index (χ2v) is 9.53. The maximum Gasteiger partial charge on any atom is 0.310 e. The molecule has 184 valence electrons. The van der Waals surface area contributed by atoms with E-state index in [9.17, 15) is 0 Å². The van der Waals surface area contributed by atoms with E-state index in [0.29, 0.717) is 0 Å². The Kier molecular flexibility index (Phi) is 6.95. The molecule has 0 saturated heterocycles. The zero-order valence-corrected chi connectivity index (χ0v) is 21.8. The average molecular weight is 487 g/mol. The van der Waals surface area contributed by atoms with E-state index in [2.05, 4.69) is 110 Å². The summed E-state index contributed by atoms with van der Waals surface area (Å²) in [4.78, 5) is 0. The smallest absolute Gasteiger partial charge is 0.278 e. The summed E-state index contributed by atoms with van der Waals surface area (Å²) < 4.78 is 4.29. The van der Waals surface area contributed by atoms with Crippen molar-refractivity contribution in [2.75, 3.05) is 5.43 Å². The SMILES string of the molecule is Cc1ccc(N/N=C(\c2ccccc2)c2n(-c3ccc(C)cc3)nc(-c3ccccc3)[n+]2C(C)C)cc1. The van der Waals surface area contributed by atoms with Gasteiger partial charge in [0.25, 0.3) is 5.82 Å². The summed E-state index contributed by atoms with van der Waals surface area (Å²) in [5.74, 6) is 1.80. The number of hydrogen-bond acceptors (Lipinski definition) is 3. The van der Waals surface area contributed by atoms with Crippen molar-refractivity contribution in [2.45, 2.75) is 33.7 Å². The molecular formula is C32H32N5+. The maximum absolute atomic E-state index is 5.19. The number of hydrogen-bond donors (Lipinski definition) is 1. The van der Waals surface area contributed by atoms with E-state index in [4.69, 9.17) is 10.2 Å². The monoisotopic (exact) mass is 486 g/mol. The van der Waals surface area contributed by atoms with Crippen LogP contribution in [0.5, 0.6) is 0 Å². The molecule has 0 radical (unpaired) electrons. The summed E-state index contributed by atoms with van der Waals surface area (Å²) in [6.45, 7) is 8.55. The lowest BCUT2D eigenvalue weighted by Crippen LogP contribution is -2.44. The van der Waals surface area contributed by atoms with E-state index in [1.54, 1.807) is 0 Å². The van der Waals surface area contributed by atoms with E-state index in [-0.39, 0.29) is 6.04 Å². The van der Waals surface area contributed by atoms with Gasteiger partial charge in [0, 0.05) is 5.56 Å². The molecule has 1 aromatic heterocycles. The molecule has 0 unspecified atom stereocenters. The van der Waals surface area contributed by atoms with Gasteiger partial charge in [0.05, 0.1) is 22.4 Å². The Morgan fingerprint density at radius 3 is 1.92 bits per heavy atom. The first-order chi connectivity index (χ1) is 18.0. The van der Waals surface area contributed by atoms with Crippen LogP contribution in [0.4, 0.5) is 5.69 Å². The number of aryl methyl sites for hydroxylation is 2. The first kappa shape index (κ1) is 24.2. The number of nitrogens with one attached hydrogen (secondary N) is 1. The first-order valence-corrected chi connectivity index (χ1v) is 12.6. The Morgan fingerprint density at radius 2 is 1.32 bits per heavy atom. The molecule has 0 aliphatic heterocycles. The van der Waals surface area contributed by atoms with Gasteiger partial charge in [0.1, 0.15) is 5.69 Å². The fourth-order valence-corrected chi connectivity index (χ4v) is 4.33. The zero-order chi connectivity index (χ0) is 25.8. The van der Waals surface area contributed by atoms with Crippen LogP contribution in [0.15, 0.2) is 114 Å². The van der Waals surface area contributed by atoms with E-state index in [1.807, 2.05) is 41.1 Å². The topological polar surface area (TPSA) is 46.1 Å². The van der Waals surface area contributed by atoms with E-state index in [0.717, 1.165) is 39.9 Å². The molecule has 5 rings (SSSR count). The van der Waals surface area contributed by atoms with Crippen molar-refractivity contribution in [1.29, 1.82) is 0 Å². The van der Waals surface area contributed by atoms with Crippen molar-refractivity contribution in [3.8, 4) is 17.1 Å². The van der Waals surface area contributed by atoms with Crippen molar-refractivity contribution >= 4 is 11.4 Å². The third-order valence-electron chi connectivity index (χ3n) is 6.29. The van der Waals surface area contributed by atoms with Crippen molar-refractivity contribution in [3.63, 3.8) is 0 Å². The number of anilines is 1. The third kappa shape index (κ3) is 5.21. The number of hydrazone groups is 1. The number of nitrogens with zero attached hydrogens (tertiary/aromatic N) is 4. The predicted molar refractivity (Wildman–Crippen MR) is 151 cm³/mol. The van der Waals surface area contributed by atoms with Crippen molar-refractivity contribution in [1.82, 2.24) is 9.78 Å². The van der Waals surface area contributed by atoms with Crippen molar-refractivity contribution in [2.24, 2.45) is 5.10 Å². The predicted octanol–water partition coefficient (Wildman–Crippen LogP) is 6.89. The second kappa shape index (κ2) is 10.6. The van der Waals surface area contributed by atoms with Crippen LogP contribution in [0.25, 0.3) is 17.1 Å². The molecule has 4 aromatic carbocycles. The summed E-state index contributed by atoms with van der Waals surface area (Å²) >= 11 is 0. The molecule has 37 heavy (non-hydrogen) atoms. The highest BCUT2D eigenvalue weighted by atomic mass is 15.4. The van der Waals surface area contributed by atoms with E-state index >= 15 is 0 Å². The standard InChI is InChI=1S/C32H31N5/c1-23(2)36-31(27-13-9-6-10-14-27)35-37(29-21-17-25(4)18-22-29)32(36)30(26-11-7-5-8-12-26)34-33-28-19-15-24(3)16-20-28/h5-23H,1-4H3/p+1. The quantitative estimate of drug-likeness (QED) is 0.155. The Hall–Kier alpha value is -4.51. The molecule has 1 N–H and O–H groups in total. The normalized spacial score (nSPS) is 11.6. The van der Waals surface area contributed by atoms with Crippen LogP contribution in [0.2, 0.25) is 0 Å². The average Bonchev–Trinajstić information content (AvgIpc) is 3.32. The minimum atomic E-state index is 0.137. The van der Waals surface area contributed by atoms with Gasteiger partial charge in [0.2, 0.25) is 0 Å². The summed E-state index contributed by atoms with van der Waals surface area (Å²) in [6.07, 6.45) is 0. The van der Waals surface area contributed by atoms with E-state index in [1.165, 1.54) is 11.1 Å². The van der Waals surface area contributed by atoms with Gasteiger partial charge < -0.3 is 0 Å². The zero-order valence-electron chi connectivity index (χ0n) is 21.8. The molecular weight excluding hydrogens is 454 g/mol.